The summed E-state index contributed by atoms with van der Waals surface area (Å²) in [5, 5.41) is 5.93. The predicted octanol–water partition coefficient (Wildman–Crippen LogP) is 5.23. The van der Waals surface area contributed by atoms with Crippen LogP contribution in [0.1, 0.15) is 27.0 Å². The van der Waals surface area contributed by atoms with E-state index in [0.29, 0.717) is 22.7 Å². The molecule has 5 rings (SSSR count). The van der Waals surface area contributed by atoms with Gasteiger partial charge in [-0.15, -0.1) is 0 Å². The molecule has 2 amide bonds. The minimum absolute atomic E-state index is 0.181. The van der Waals surface area contributed by atoms with E-state index in [-0.39, 0.29) is 11.8 Å². The summed E-state index contributed by atoms with van der Waals surface area (Å²) in [6.45, 7) is 0. The Morgan fingerprint density at radius 2 is 1.39 bits per heavy atom. The maximum absolute atomic E-state index is 13.7. The number of hydrogen-bond donors (Lipinski definition) is 2. The Morgan fingerprint density at radius 1 is 0.788 bits per heavy atom. The van der Waals surface area contributed by atoms with Crippen LogP contribution < -0.4 is 15.4 Å². The summed E-state index contributed by atoms with van der Waals surface area (Å²) in [6, 6.07) is 31.9. The molecular weight excluding hydrogens is 412 g/mol. The van der Waals surface area contributed by atoms with E-state index < -0.39 is 5.41 Å². The first-order chi connectivity index (χ1) is 16.1. The Hall–Kier alpha value is -4.38. The highest BCUT2D eigenvalue weighted by molar-refractivity contribution is 6.18. The molecule has 1 aliphatic rings. The number of methoxy groups -OCH3 is 1. The smallest absolute Gasteiger partial charge is 0.257 e. The van der Waals surface area contributed by atoms with Gasteiger partial charge in [0, 0.05) is 11.3 Å². The van der Waals surface area contributed by atoms with Gasteiger partial charge in [-0.1, -0.05) is 72.8 Å². The zero-order chi connectivity index (χ0) is 22.8. The van der Waals surface area contributed by atoms with Crippen molar-refractivity contribution in [1.82, 2.24) is 0 Å². The fraction of sp³-hybridized carbons (Fsp3) is 0.0714. The Labute approximate surface area is 192 Å². The third-order valence-electron chi connectivity index (χ3n) is 6.05. The van der Waals surface area contributed by atoms with Crippen LogP contribution in [0.25, 0.3) is 0 Å². The van der Waals surface area contributed by atoms with Gasteiger partial charge in [-0.25, -0.2) is 0 Å². The van der Waals surface area contributed by atoms with Crippen LogP contribution in [-0.2, 0) is 10.2 Å². The molecule has 0 saturated heterocycles. The van der Waals surface area contributed by atoms with Crippen LogP contribution in [0.2, 0.25) is 0 Å². The molecule has 1 heterocycles. The van der Waals surface area contributed by atoms with Crippen LogP contribution in [0.15, 0.2) is 103 Å². The van der Waals surface area contributed by atoms with E-state index in [0.717, 1.165) is 16.7 Å². The molecule has 0 bridgehead atoms. The number of nitrogens with one attached hydrogen (secondary N) is 2. The molecule has 33 heavy (non-hydrogen) atoms. The van der Waals surface area contributed by atoms with Crippen molar-refractivity contribution in [2.75, 3.05) is 17.7 Å². The van der Waals surface area contributed by atoms with Crippen molar-refractivity contribution in [2.45, 2.75) is 5.41 Å². The molecule has 4 aromatic carbocycles. The molecule has 0 atom stereocenters. The highest BCUT2D eigenvalue weighted by atomic mass is 16.5. The molecule has 0 radical (unpaired) electrons. The Bertz CT molecular complexity index is 1280. The first-order valence-corrected chi connectivity index (χ1v) is 10.7. The second kappa shape index (κ2) is 8.28. The molecular formula is C28H22N2O3. The molecule has 162 valence electrons. The van der Waals surface area contributed by atoms with Crippen molar-refractivity contribution >= 4 is 23.2 Å². The average Bonchev–Trinajstić information content (AvgIpc) is 3.18. The van der Waals surface area contributed by atoms with E-state index in [1.165, 1.54) is 0 Å². The van der Waals surface area contributed by atoms with Gasteiger partial charge in [0.15, 0.2) is 0 Å². The standard InChI is InChI=1S/C28H22N2O3/c1-33-22-17-15-21(16-18-22)29-26(31)23-13-8-14-24-25(23)30-27(32)28(24,19-9-4-2-5-10-19)20-11-6-3-7-12-20/h2-18H,1H3,(H,29,31)(H,30,32). The second-order valence-corrected chi connectivity index (χ2v) is 7.85. The summed E-state index contributed by atoms with van der Waals surface area (Å²) in [5.74, 6) is 0.227. The normalized spacial score (nSPS) is 13.7. The quantitative estimate of drug-likeness (QED) is 0.452. The van der Waals surface area contributed by atoms with Crippen molar-refractivity contribution in [1.29, 1.82) is 0 Å². The zero-order valence-corrected chi connectivity index (χ0v) is 18.0. The number of carbonyl (C=O) groups is 2. The summed E-state index contributed by atoms with van der Waals surface area (Å²) in [4.78, 5) is 26.9. The number of benzene rings is 4. The van der Waals surface area contributed by atoms with Gasteiger partial charge < -0.3 is 15.4 Å². The van der Waals surface area contributed by atoms with Crippen LogP contribution in [-0.4, -0.2) is 18.9 Å². The van der Waals surface area contributed by atoms with E-state index in [1.54, 1.807) is 37.4 Å². The van der Waals surface area contributed by atoms with Gasteiger partial charge in [-0.05, 0) is 41.5 Å². The van der Waals surface area contributed by atoms with Crippen LogP contribution in [0.3, 0.4) is 0 Å². The van der Waals surface area contributed by atoms with Gasteiger partial charge >= 0.3 is 0 Å². The summed E-state index contributed by atoms with van der Waals surface area (Å²) < 4.78 is 5.18. The number of amides is 2. The third kappa shape index (κ3) is 3.34. The summed E-state index contributed by atoms with van der Waals surface area (Å²) in [6.07, 6.45) is 0. The van der Waals surface area contributed by atoms with E-state index in [4.69, 9.17) is 4.74 Å². The SMILES string of the molecule is COc1ccc(NC(=O)c2cccc3c2NC(=O)C3(c2ccccc2)c2ccccc2)cc1. The number of para-hydroxylation sites is 1. The highest BCUT2D eigenvalue weighted by Crippen LogP contribution is 2.48. The summed E-state index contributed by atoms with van der Waals surface area (Å²) >= 11 is 0. The molecule has 0 saturated carbocycles. The maximum atomic E-state index is 13.7. The van der Waals surface area contributed by atoms with Gasteiger partial charge in [0.25, 0.3) is 5.91 Å². The van der Waals surface area contributed by atoms with Gasteiger partial charge in [-0.2, -0.15) is 0 Å². The van der Waals surface area contributed by atoms with Crippen molar-refractivity contribution in [3.05, 3.63) is 125 Å². The maximum Gasteiger partial charge on any atom is 0.257 e. The Morgan fingerprint density at radius 3 is 1.97 bits per heavy atom. The van der Waals surface area contributed by atoms with E-state index in [9.17, 15) is 9.59 Å². The second-order valence-electron chi connectivity index (χ2n) is 7.85. The fourth-order valence-electron chi connectivity index (χ4n) is 4.51. The molecule has 0 fully saturated rings. The summed E-state index contributed by atoms with van der Waals surface area (Å²) in [7, 11) is 1.59. The van der Waals surface area contributed by atoms with Gasteiger partial charge in [-0.3, -0.25) is 9.59 Å². The third-order valence-corrected chi connectivity index (χ3v) is 6.05. The van der Waals surface area contributed by atoms with Crippen LogP contribution >= 0.6 is 0 Å². The van der Waals surface area contributed by atoms with Crippen molar-refractivity contribution in [2.24, 2.45) is 0 Å². The topological polar surface area (TPSA) is 67.4 Å². The first kappa shape index (κ1) is 20.5. The first-order valence-electron chi connectivity index (χ1n) is 10.7. The zero-order valence-electron chi connectivity index (χ0n) is 18.0. The van der Waals surface area contributed by atoms with Crippen LogP contribution in [0.4, 0.5) is 11.4 Å². The van der Waals surface area contributed by atoms with Gasteiger partial charge in [0.05, 0.1) is 18.4 Å². The lowest BCUT2D eigenvalue weighted by atomic mass is 9.70. The minimum Gasteiger partial charge on any atom is -0.497 e. The number of rotatable bonds is 5. The average molecular weight is 434 g/mol. The number of hydrogen-bond acceptors (Lipinski definition) is 3. The Balaban J connectivity index is 1.63. The largest absolute Gasteiger partial charge is 0.497 e. The van der Waals surface area contributed by atoms with Crippen molar-refractivity contribution in [3.8, 4) is 5.75 Å². The monoisotopic (exact) mass is 434 g/mol. The van der Waals surface area contributed by atoms with Crippen molar-refractivity contribution < 1.29 is 14.3 Å². The number of fused-ring (bicyclic) bond motifs is 1. The molecule has 0 spiro atoms. The van der Waals surface area contributed by atoms with Crippen LogP contribution in [0, 0.1) is 0 Å². The molecule has 0 aliphatic carbocycles. The minimum atomic E-state index is -1.05. The molecule has 0 unspecified atom stereocenters. The molecule has 4 aromatic rings. The molecule has 5 nitrogen and oxygen atoms in total. The summed E-state index contributed by atoms with van der Waals surface area (Å²) in [5.41, 5.74) is 2.98. The number of carbonyl (C=O) groups excluding carboxylic acids is 2. The van der Waals surface area contributed by atoms with Gasteiger partial charge in [0.1, 0.15) is 11.2 Å². The molecule has 1 aliphatic heterocycles. The van der Waals surface area contributed by atoms with E-state index in [2.05, 4.69) is 10.6 Å². The van der Waals surface area contributed by atoms with Gasteiger partial charge in [0.2, 0.25) is 5.91 Å². The molecule has 2 N–H and O–H groups in total. The lowest BCUT2D eigenvalue weighted by Gasteiger charge is -2.29. The number of ether oxygens (including phenoxy) is 1. The fourth-order valence-corrected chi connectivity index (χ4v) is 4.51. The lowest BCUT2D eigenvalue weighted by molar-refractivity contribution is -0.118. The van der Waals surface area contributed by atoms with E-state index >= 15 is 0 Å². The predicted molar refractivity (Wildman–Crippen MR) is 129 cm³/mol. The van der Waals surface area contributed by atoms with Crippen LogP contribution in [0.5, 0.6) is 5.75 Å². The Kier molecular flexibility index (Phi) is 5.15. The number of anilines is 2. The van der Waals surface area contributed by atoms with Crippen molar-refractivity contribution in [3.63, 3.8) is 0 Å². The molecule has 5 heteroatoms. The lowest BCUT2D eigenvalue weighted by Crippen LogP contribution is -2.36. The molecule has 0 aromatic heterocycles. The van der Waals surface area contributed by atoms with E-state index in [1.807, 2.05) is 72.8 Å². The highest BCUT2D eigenvalue weighted by Gasteiger charge is 2.50.